The molecule has 0 aliphatic rings. The van der Waals surface area contributed by atoms with Gasteiger partial charge in [-0.1, -0.05) is 23.7 Å². The average Bonchev–Trinajstić information content (AvgIpc) is 2.66. The number of rotatable bonds is 5. The third-order valence-corrected chi connectivity index (χ3v) is 3.85. The van der Waals surface area contributed by atoms with Gasteiger partial charge >= 0.3 is 0 Å². The molecule has 3 aromatic rings. The minimum atomic E-state index is -0.547. The summed E-state index contributed by atoms with van der Waals surface area (Å²) >= 11 is 5.71. The number of methoxy groups -OCH3 is 1. The Bertz CT molecular complexity index is 932. The van der Waals surface area contributed by atoms with Gasteiger partial charge in [0.05, 0.1) is 29.7 Å². The van der Waals surface area contributed by atoms with Crippen molar-refractivity contribution in [2.24, 2.45) is 0 Å². The van der Waals surface area contributed by atoms with E-state index >= 15 is 0 Å². The Morgan fingerprint density at radius 2 is 1.88 bits per heavy atom. The van der Waals surface area contributed by atoms with Crippen molar-refractivity contribution in [3.63, 3.8) is 0 Å². The molecule has 7 heteroatoms. The maximum absolute atomic E-state index is 13.2. The van der Waals surface area contributed by atoms with Gasteiger partial charge in [-0.2, -0.15) is 0 Å². The molecule has 1 aromatic heterocycles. The molecule has 2 aromatic carbocycles. The number of carbonyl (C=O) groups excluding carboxylic acids is 1. The Morgan fingerprint density at radius 3 is 2.58 bits per heavy atom. The number of anilines is 3. The van der Waals surface area contributed by atoms with Crippen molar-refractivity contribution in [1.29, 1.82) is 0 Å². The number of nitrogens with one attached hydrogen (secondary N) is 2. The molecule has 0 unspecified atom stereocenters. The number of aromatic nitrogens is 1. The first-order valence-electron chi connectivity index (χ1n) is 7.69. The molecule has 0 saturated heterocycles. The van der Waals surface area contributed by atoms with Gasteiger partial charge in [0.1, 0.15) is 17.3 Å². The standard InChI is InChI=1S/C19H15ClFN3O2/c1-26-18-5-3-2-4-16(18)23-13-7-9-17(22-11-13)19(25)24-12-6-8-15(21)14(20)10-12/h2-11,23H,1H3,(H,24,25). The summed E-state index contributed by atoms with van der Waals surface area (Å²) in [6.07, 6.45) is 1.54. The van der Waals surface area contributed by atoms with E-state index < -0.39 is 11.7 Å². The molecule has 0 atom stereocenters. The van der Waals surface area contributed by atoms with Gasteiger partial charge in [0, 0.05) is 5.69 Å². The number of halogens is 2. The monoisotopic (exact) mass is 371 g/mol. The van der Waals surface area contributed by atoms with Crippen LogP contribution in [0.3, 0.4) is 0 Å². The van der Waals surface area contributed by atoms with Crippen LogP contribution < -0.4 is 15.4 Å². The highest BCUT2D eigenvalue weighted by atomic mass is 35.5. The topological polar surface area (TPSA) is 63.2 Å². The summed E-state index contributed by atoms with van der Waals surface area (Å²) in [5, 5.41) is 5.73. The number of amides is 1. The Hall–Kier alpha value is -3.12. The smallest absolute Gasteiger partial charge is 0.274 e. The fourth-order valence-corrected chi connectivity index (χ4v) is 2.46. The summed E-state index contributed by atoms with van der Waals surface area (Å²) < 4.78 is 18.4. The average molecular weight is 372 g/mol. The first-order valence-corrected chi connectivity index (χ1v) is 8.07. The largest absolute Gasteiger partial charge is 0.495 e. The summed E-state index contributed by atoms with van der Waals surface area (Å²) in [7, 11) is 1.59. The van der Waals surface area contributed by atoms with Crippen LogP contribution in [0.15, 0.2) is 60.8 Å². The summed E-state index contributed by atoms with van der Waals surface area (Å²) in [5.74, 6) is -0.270. The molecule has 0 bridgehead atoms. The van der Waals surface area contributed by atoms with Crippen LogP contribution in [-0.2, 0) is 0 Å². The summed E-state index contributed by atoms with van der Waals surface area (Å²) in [6, 6.07) is 14.7. The molecule has 0 aliphatic heterocycles. The zero-order chi connectivity index (χ0) is 18.5. The van der Waals surface area contributed by atoms with Gasteiger partial charge in [0.15, 0.2) is 0 Å². The molecule has 1 heterocycles. The summed E-state index contributed by atoms with van der Waals surface area (Å²) in [5.41, 5.74) is 2.10. The summed E-state index contributed by atoms with van der Waals surface area (Å²) in [6.45, 7) is 0. The lowest BCUT2D eigenvalue weighted by Crippen LogP contribution is -2.13. The van der Waals surface area contributed by atoms with E-state index in [-0.39, 0.29) is 10.7 Å². The first kappa shape index (κ1) is 17.7. The van der Waals surface area contributed by atoms with Crippen LogP contribution in [0.2, 0.25) is 5.02 Å². The zero-order valence-electron chi connectivity index (χ0n) is 13.8. The molecule has 0 fully saturated rings. The molecule has 26 heavy (non-hydrogen) atoms. The lowest BCUT2D eigenvalue weighted by Gasteiger charge is -2.11. The van der Waals surface area contributed by atoms with Crippen LogP contribution in [0, 0.1) is 5.82 Å². The third-order valence-electron chi connectivity index (χ3n) is 3.56. The maximum Gasteiger partial charge on any atom is 0.274 e. The van der Waals surface area contributed by atoms with Crippen LogP contribution in [0.4, 0.5) is 21.5 Å². The SMILES string of the molecule is COc1ccccc1Nc1ccc(C(=O)Nc2ccc(F)c(Cl)c2)nc1. The van der Waals surface area contributed by atoms with Gasteiger partial charge < -0.3 is 15.4 Å². The number of nitrogens with zero attached hydrogens (tertiary/aromatic N) is 1. The highest BCUT2D eigenvalue weighted by molar-refractivity contribution is 6.31. The van der Waals surface area contributed by atoms with Crippen molar-refractivity contribution in [2.45, 2.75) is 0 Å². The lowest BCUT2D eigenvalue weighted by molar-refractivity contribution is 0.102. The zero-order valence-corrected chi connectivity index (χ0v) is 14.5. The van der Waals surface area contributed by atoms with Crippen molar-refractivity contribution in [3.8, 4) is 5.75 Å². The van der Waals surface area contributed by atoms with Gasteiger partial charge in [-0.05, 0) is 42.5 Å². The van der Waals surface area contributed by atoms with E-state index in [2.05, 4.69) is 15.6 Å². The van der Waals surface area contributed by atoms with E-state index in [0.717, 1.165) is 5.69 Å². The van der Waals surface area contributed by atoms with Crippen molar-refractivity contribution in [2.75, 3.05) is 17.7 Å². The minimum Gasteiger partial charge on any atom is -0.495 e. The quantitative estimate of drug-likeness (QED) is 0.671. The first-order chi connectivity index (χ1) is 12.6. The molecule has 1 amide bonds. The van der Waals surface area contributed by atoms with Gasteiger partial charge in [0.2, 0.25) is 0 Å². The Morgan fingerprint density at radius 1 is 1.12 bits per heavy atom. The van der Waals surface area contributed by atoms with Gasteiger partial charge in [-0.3, -0.25) is 4.79 Å². The van der Waals surface area contributed by atoms with Crippen molar-refractivity contribution < 1.29 is 13.9 Å². The molecule has 5 nitrogen and oxygen atoms in total. The van der Waals surface area contributed by atoms with Crippen LogP contribution in [0.25, 0.3) is 0 Å². The second kappa shape index (κ2) is 7.84. The second-order valence-corrected chi connectivity index (χ2v) is 5.75. The van der Waals surface area contributed by atoms with E-state index in [9.17, 15) is 9.18 Å². The number of carbonyl (C=O) groups is 1. The van der Waals surface area contributed by atoms with Crippen LogP contribution >= 0.6 is 11.6 Å². The van der Waals surface area contributed by atoms with Crippen molar-refractivity contribution in [1.82, 2.24) is 4.98 Å². The normalized spacial score (nSPS) is 10.3. The van der Waals surface area contributed by atoms with Crippen LogP contribution in [0.1, 0.15) is 10.5 Å². The molecule has 0 spiro atoms. The van der Waals surface area contributed by atoms with Crippen LogP contribution in [-0.4, -0.2) is 18.0 Å². The molecule has 0 radical (unpaired) electrons. The molecule has 2 N–H and O–H groups in total. The number of para-hydroxylation sites is 2. The van der Waals surface area contributed by atoms with Crippen LogP contribution in [0.5, 0.6) is 5.75 Å². The fraction of sp³-hybridized carbons (Fsp3) is 0.0526. The molecule has 0 aliphatic carbocycles. The molecular weight excluding hydrogens is 357 g/mol. The van der Waals surface area contributed by atoms with Gasteiger partial charge in [-0.25, -0.2) is 9.37 Å². The Labute approximate surface area is 154 Å². The highest BCUT2D eigenvalue weighted by Gasteiger charge is 2.10. The lowest BCUT2D eigenvalue weighted by atomic mass is 10.2. The number of pyridine rings is 1. The molecule has 0 saturated carbocycles. The van der Waals surface area contributed by atoms with Crippen molar-refractivity contribution >= 4 is 34.6 Å². The number of ether oxygens (including phenoxy) is 1. The number of hydrogen-bond acceptors (Lipinski definition) is 4. The van der Waals surface area contributed by atoms with Crippen molar-refractivity contribution in [3.05, 3.63) is 77.3 Å². The third kappa shape index (κ3) is 4.10. The predicted molar refractivity (Wildman–Crippen MR) is 99.9 cm³/mol. The Balaban J connectivity index is 1.70. The number of benzene rings is 2. The van der Waals surface area contributed by atoms with E-state index in [1.165, 1.54) is 18.2 Å². The number of hydrogen-bond donors (Lipinski definition) is 2. The fourth-order valence-electron chi connectivity index (χ4n) is 2.27. The van der Waals surface area contributed by atoms with Gasteiger partial charge in [-0.15, -0.1) is 0 Å². The van der Waals surface area contributed by atoms with E-state index in [1.807, 2.05) is 24.3 Å². The molecule has 3 rings (SSSR count). The molecule has 132 valence electrons. The maximum atomic E-state index is 13.2. The van der Waals surface area contributed by atoms with E-state index in [1.54, 1.807) is 25.4 Å². The van der Waals surface area contributed by atoms with E-state index in [0.29, 0.717) is 17.1 Å². The highest BCUT2D eigenvalue weighted by Crippen LogP contribution is 2.26. The Kier molecular flexibility index (Phi) is 5.34. The van der Waals surface area contributed by atoms with E-state index in [4.69, 9.17) is 16.3 Å². The van der Waals surface area contributed by atoms with Gasteiger partial charge in [0.25, 0.3) is 5.91 Å². The molecular formula is C19H15ClFN3O2. The predicted octanol–water partition coefficient (Wildman–Crippen LogP) is 4.88. The second-order valence-electron chi connectivity index (χ2n) is 5.34. The summed E-state index contributed by atoms with van der Waals surface area (Å²) in [4.78, 5) is 16.4. The minimum absolute atomic E-state index is 0.0629.